The van der Waals surface area contributed by atoms with E-state index >= 15 is 0 Å². The van der Waals surface area contributed by atoms with Crippen molar-refractivity contribution in [2.24, 2.45) is 0 Å². The lowest BCUT2D eigenvalue weighted by atomic mass is 10.2. The zero-order valence-electron chi connectivity index (χ0n) is 17.3. The van der Waals surface area contributed by atoms with Crippen molar-refractivity contribution in [3.8, 4) is 0 Å². The molecule has 8 heteroatoms. The first-order valence-electron chi connectivity index (χ1n) is 10.0. The molecule has 30 heavy (non-hydrogen) atoms. The summed E-state index contributed by atoms with van der Waals surface area (Å²) in [5.41, 5.74) is 1.81. The second kappa shape index (κ2) is 9.30. The van der Waals surface area contributed by atoms with Gasteiger partial charge in [0, 0.05) is 38.7 Å². The molecular weight excluding hydrogens is 402 g/mol. The van der Waals surface area contributed by atoms with E-state index in [4.69, 9.17) is 0 Å². The number of anilines is 1. The average molecular weight is 430 g/mol. The molecular formula is C22H27N3O4S. The van der Waals surface area contributed by atoms with Gasteiger partial charge in [0.15, 0.2) is 0 Å². The van der Waals surface area contributed by atoms with E-state index in [1.54, 1.807) is 29.2 Å². The second-order valence-corrected chi connectivity index (χ2v) is 9.40. The van der Waals surface area contributed by atoms with Gasteiger partial charge in [-0.15, -0.1) is 0 Å². The van der Waals surface area contributed by atoms with E-state index in [0.717, 1.165) is 31.5 Å². The summed E-state index contributed by atoms with van der Waals surface area (Å²) in [5, 5.41) is 2.70. The Morgan fingerprint density at radius 3 is 2.40 bits per heavy atom. The number of hydrogen-bond donors (Lipinski definition) is 1. The topological polar surface area (TPSA) is 86.8 Å². The Hall–Kier alpha value is -2.87. The predicted octanol–water partition coefficient (Wildman–Crippen LogP) is 2.56. The molecule has 1 N–H and O–H groups in total. The number of carbonyl (C=O) groups excluding carboxylic acids is 2. The van der Waals surface area contributed by atoms with Gasteiger partial charge in [0.1, 0.15) is 0 Å². The van der Waals surface area contributed by atoms with Gasteiger partial charge < -0.3 is 10.2 Å². The van der Waals surface area contributed by atoms with Crippen LogP contribution in [-0.2, 0) is 14.8 Å². The minimum atomic E-state index is -3.81. The maximum atomic E-state index is 13.0. The van der Waals surface area contributed by atoms with Crippen LogP contribution in [0.4, 0.5) is 5.69 Å². The number of nitrogens with zero attached hydrogens (tertiary/aromatic N) is 2. The Kier molecular flexibility index (Phi) is 6.77. The van der Waals surface area contributed by atoms with Crippen molar-refractivity contribution in [3.63, 3.8) is 0 Å². The van der Waals surface area contributed by atoms with Crippen LogP contribution in [0.5, 0.6) is 0 Å². The quantitative estimate of drug-likeness (QED) is 0.733. The molecule has 1 aliphatic heterocycles. The van der Waals surface area contributed by atoms with Gasteiger partial charge in [-0.05, 0) is 50.1 Å². The van der Waals surface area contributed by atoms with Crippen LogP contribution in [0.25, 0.3) is 0 Å². The van der Waals surface area contributed by atoms with Crippen LogP contribution in [0.15, 0.2) is 53.4 Å². The van der Waals surface area contributed by atoms with E-state index in [2.05, 4.69) is 5.32 Å². The Bertz CT molecular complexity index is 1010. The Balaban J connectivity index is 1.66. The average Bonchev–Trinajstić information content (AvgIpc) is 3.29. The van der Waals surface area contributed by atoms with Crippen molar-refractivity contribution < 1.29 is 18.0 Å². The normalized spacial score (nSPS) is 13.9. The van der Waals surface area contributed by atoms with Crippen molar-refractivity contribution in [1.29, 1.82) is 0 Å². The summed E-state index contributed by atoms with van der Waals surface area (Å²) in [6, 6.07) is 13.1. The molecule has 1 saturated heterocycles. The number of sulfonamides is 1. The van der Waals surface area contributed by atoms with Crippen molar-refractivity contribution in [2.45, 2.75) is 31.1 Å². The minimum absolute atomic E-state index is 0.0313. The molecule has 7 nitrogen and oxygen atoms in total. The Morgan fingerprint density at radius 2 is 1.73 bits per heavy atom. The lowest BCUT2D eigenvalue weighted by Gasteiger charge is -2.20. The summed E-state index contributed by atoms with van der Waals surface area (Å²) in [5.74, 6) is -0.372. The van der Waals surface area contributed by atoms with Crippen LogP contribution in [-0.4, -0.2) is 51.8 Å². The number of carbonyl (C=O) groups is 2. The van der Waals surface area contributed by atoms with E-state index in [9.17, 15) is 18.0 Å². The molecule has 0 bridgehead atoms. The highest BCUT2D eigenvalue weighted by atomic mass is 32.2. The molecule has 0 saturated carbocycles. The number of benzene rings is 2. The zero-order valence-corrected chi connectivity index (χ0v) is 18.1. The molecule has 3 rings (SSSR count). The van der Waals surface area contributed by atoms with Crippen LogP contribution in [0.1, 0.15) is 35.2 Å². The molecule has 0 atom stereocenters. The highest BCUT2D eigenvalue weighted by Gasteiger charge is 2.23. The molecule has 2 aromatic rings. The van der Waals surface area contributed by atoms with Gasteiger partial charge in [0.25, 0.3) is 15.9 Å². The fraction of sp³-hybridized carbons (Fsp3) is 0.364. The number of hydrogen-bond acceptors (Lipinski definition) is 4. The third-order valence-corrected chi connectivity index (χ3v) is 7.02. The number of rotatable bonds is 7. The van der Waals surface area contributed by atoms with Gasteiger partial charge in [-0.1, -0.05) is 23.8 Å². The van der Waals surface area contributed by atoms with Crippen LogP contribution in [0, 0.1) is 6.92 Å². The number of aryl methyl sites for hydroxylation is 1. The summed E-state index contributed by atoms with van der Waals surface area (Å²) >= 11 is 0. The summed E-state index contributed by atoms with van der Waals surface area (Å²) in [6.45, 7) is 3.70. The maximum absolute atomic E-state index is 13.0. The van der Waals surface area contributed by atoms with E-state index in [0.29, 0.717) is 5.69 Å². The van der Waals surface area contributed by atoms with E-state index in [1.165, 1.54) is 23.5 Å². The smallest absolute Gasteiger partial charge is 0.264 e. The van der Waals surface area contributed by atoms with E-state index in [-0.39, 0.29) is 29.3 Å². The van der Waals surface area contributed by atoms with Crippen LogP contribution in [0.2, 0.25) is 0 Å². The maximum Gasteiger partial charge on any atom is 0.264 e. The third kappa shape index (κ3) is 4.99. The fourth-order valence-electron chi connectivity index (χ4n) is 3.36. The molecule has 0 spiro atoms. The first kappa shape index (κ1) is 21.8. The monoisotopic (exact) mass is 429 g/mol. The molecule has 2 amide bonds. The molecule has 0 aromatic heterocycles. The van der Waals surface area contributed by atoms with Crippen LogP contribution >= 0.6 is 0 Å². The van der Waals surface area contributed by atoms with Crippen molar-refractivity contribution in [1.82, 2.24) is 10.2 Å². The van der Waals surface area contributed by atoms with E-state index < -0.39 is 15.9 Å². The predicted molar refractivity (Wildman–Crippen MR) is 116 cm³/mol. The molecule has 160 valence electrons. The Labute approximate surface area is 177 Å². The molecule has 1 aliphatic rings. The third-order valence-electron chi connectivity index (χ3n) is 5.24. The van der Waals surface area contributed by atoms with Crippen molar-refractivity contribution in [2.75, 3.05) is 31.0 Å². The molecule has 2 aromatic carbocycles. The van der Waals surface area contributed by atoms with Crippen molar-refractivity contribution >= 4 is 27.5 Å². The SMILES string of the molecule is Cc1ccc(N(C)S(=O)(=O)c2cccc(C(=O)NCCC(=O)N3CCCC3)c2)cc1. The van der Waals surface area contributed by atoms with Gasteiger partial charge in [-0.25, -0.2) is 8.42 Å². The highest BCUT2D eigenvalue weighted by molar-refractivity contribution is 7.92. The molecule has 1 fully saturated rings. The molecule has 0 unspecified atom stereocenters. The van der Waals surface area contributed by atoms with Crippen LogP contribution in [0.3, 0.4) is 0 Å². The zero-order chi connectivity index (χ0) is 21.7. The van der Waals surface area contributed by atoms with Crippen LogP contribution < -0.4 is 9.62 Å². The summed E-state index contributed by atoms with van der Waals surface area (Å²) in [7, 11) is -2.33. The fourth-order valence-corrected chi connectivity index (χ4v) is 4.60. The second-order valence-electron chi connectivity index (χ2n) is 7.43. The van der Waals surface area contributed by atoms with Gasteiger partial charge >= 0.3 is 0 Å². The lowest BCUT2D eigenvalue weighted by Crippen LogP contribution is -2.32. The van der Waals surface area contributed by atoms with Crippen molar-refractivity contribution in [3.05, 3.63) is 59.7 Å². The molecule has 1 heterocycles. The number of amides is 2. The summed E-state index contributed by atoms with van der Waals surface area (Å²) in [4.78, 5) is 26.4. The largest absolute Gasteiger partial charge is 0.352 e. The van der Waals surface area contributed by atoms with E-state index in [1.807, 2.05) is 19.1 Å². The Morgan fingerprint density at radius 1 is 1.07 bits per heavy atom. The first-order valence-corrected chi connectivity index (χ1v) is 11.4. The van der Waals surface area contributed by atoms with Gasteiger partial charge in [-0.2, -0.15) is 0 Å². The standard InChI is InChI=1S/C22H27N3O4S/c1-17-8-10-19(11-9-17)24(2)30(28,29)20-7-5-6-18(16-20)22(27)23-13-12-21(26)25-14-3-4-15-25/h5-11,16H,3-4,12-15H2,1-2H3,(H,23,27). The van der Waals surface area contributed by atoms with Gasteiger partial charge in [0.05, 0.1) is 10.6 Å². The highest BCUT2D eigenvalue weighted by Crippen LogP contribution is 2.23. The van der Waals surface area contributed by atoms with Gasteiger partial charge in [-0.3, -0.25) is 13.9 Å². The number of likely N-dealkylation sites (tertiary alicyclic amines) is 1. The summed E-state index contributed by atoms with van der Waals surface area (Å²) < 4.78 is 27.2. The minimum Gasteiger partial charge on any atom is -0.352 e. The lowest BCUT2D eigenvalue weighted by molar-refractivity contribution is -0.129. The number of nitrogens with one attached hydrogen (secondary N) is 1. The molecule has 0 aliphatic carbocycles. The van der Waals surface area contributed by atoms with Gasteiger partial charge in [0.2, 0.25) is 5.91 Å². The molecule has 0 radical (unpaired) electrons. The first-order chi connectivity index (χ1) is 14.3. The summed E-state index contributed by atoms with van der Waals surface area (Å²) in [6.07, 6.45) is 2.28.